The Kier molecular flexibility index (Phi) is 7.92. The third-order valence-corrected chi connectivity index (χ3v) is 8.72. The molecule has 2 aromatic carbocycles. The van der Waals surface area contributed by atoms with Gasteiger partial charge in [-0.2, -0.15) is 0 Å². The first-order valence-electron chi connectivity index (χ1n) is 14.0. The first-order chi connectivity index (χ1) is 19.9. The van der Waals surface area contributed by atoms with Crippen LogP contribution in [0.4, 0.5) is 0 Å². The number of benzene rings is 2. The van der Waals surface area contributed by atoms with Crippen LogP contribution in [0.2, 0.25) is 0 Å². The second-order valence-corrected chi connectivity index (χ2v) is 11.8. The average Bonchev–Trinajstić information content (AvgIpc) is 3.47. The normalized spacial score (nSPS) is 14.4. The molecule has 1 fully saturated rings. The number of carbonyl (C=O) groups is 1. The second-order valence-electron chi connectivity index (χ2n) is 10.9. The molecule has 208 valence electrons. The summed E-state index contributed by atoms with van der Waals surface area (Å²) in [6.45, 7) is 9.45. The molecule has 41 heavy (non-hydrogen) atoms. The van der Waals surface area contributed by atoms with Crippen molar-refractivity contribution in [3.63, 3.8) is 0 Å². The monoisotopic (exact) mass is 562 g/mol. The van der Waals surface area contributed by atoms with Gasteiger partial charge in [-0.3, -0.25) is 14.7 Å². The number of ketones is 1. The zero-order valence-electron chi connectivity index (χ0n) is 23.8. The third-order valence-electron chi connectivity index (χ3n) is 7.91. The summed E-state index contributed by atoms with van der Waals surface area (Å²) >= 11 is 1.58. The van der Waals surface area contributed by atoms with Crippen LogP contribution < -0.4 is 4.74 Å². The van der Waals surface area contributed by atoms with Crippen molar-refractivity contribution >= 4 is 27.3 Å². The predicted octanol–water partition coefficient (Wildman–Crippen LogP) is 6.94. The van der Waals surface area contributed by atoms with E-state index in [0.717, 1.165) is 76.6 Å². The Morgan fingerprint density at radius 1 is 0.951 bits per heavy atom. The van der Waals surface area contributed by atoms with Gasteiger partial charge in [0.15, 0.2) is 5.78 Å². The minimum Gasteiger partial charge on any atom is -0.457 e. The number of hydrogen-bond acceptors (Lipinski definition) is 7. The summed E-state index contributed by atoms with van der Waals surface area (Å²) in [5, 5.41) is 2.99. The molecule has 7 heteroatoms. The molecule has 0 saturated carbocycles. The van der Waals surface area contributed by atoms with Crippen molar-refractivity contribution in [2.24, 2.45) is 0 Å². The van der Waals surface area contributed by atoms with Crippen LogP contribution in [0.25, 0.3) is 21.5 Å². The van der Waals surface area contributed by atoms with Crippen LogP contribution in [-0.2, 0) is 13.0 Å². The number of likely N-dealkylation sites (N-methyl/N-ethyl adjacent to an activating group) is 1. The van der Waals surface area contributed by atoms with Gasteiger partial charge in [0.05, 0.1) is 11.1 Å². The summed E-state index contributed by atoms with van der Waals surface area (Å²) in [6.07, 6.45) is 3.89. The minimum absolute atomic E-state index is 0.113. The molecule has 0 bridgehead atoms. The summed E-state index contributed by atoms with van der Waals surface area (Å²) in [6, 6.07) is 20.0. The molecule has 0 atom stereocenters. The summed E-state index contributed by atoms with van der Waals surface area (Å²) in [4.78, 5) is 28.2. The van der Waals surface area contributed by atoms with E-state index in [1.165, 1.54) is 11.1 Å². The van der Waals surface area contributed by atoms with Gasteiger partial charge in [0.1, 0.15) is 16.3 Å². The van der Waals surface area contributed by atoms with Crippen molar-refractivity contribution in [3.8, 4) is 22.8 Å². The van der Waals surface area contributed by atoms with Crippen molar-refractivity contribution < 1.29 is 9.53 Å². The van der Waals surface area contributed by atoms with Crippen molar-refractivity contribution in [2.45, 2.75) is 26.8 Å². The predicted molar refractivity (Wildman–Crippen MR) is 166 cm³/mol. The molecule has 0 N–H and O–H groups in total. The van der Waals surface area contributed by atoms with Crippen LogP contribution in [0, 0.1) is 13.8 Å². The Hall–Kier alpha value is -3.91. The number of carbonyl (C=O) groups excluding carboxylic acids is 1. The molecule has 0 unspecified atom stereocenters. The number of fused-ring (bicyclic) bond motifs is 1. The number of thiophene rings is 1. The SMILES string of the molecule is Cc1ccc(Oc2cc(-c3cccnc3)nc3sccc23)cc1CC(=O)c1ccc(CN2CCN(C)CC2)c(C)c1. The fourth-order valence-corrected chi connectivity index (χ4v) is 6.04. The zero-order valence-corrected chi connectivity index (χ0v) is 24.6. The van der Waals surface area contributed by atoms with E-state index in [9.17, 15) is 4.79 Å². The van der Waals surface area contributed by atoms with Crippen molar-refractivity contribution in [3.05, 3.63) is 106 Å². The molecular weight excluding hydrogens is 528 g/mol. The molecule has 5 aromatic rings. The van der Waals surface area contributed by atoms with E-state index >= 15 is 0 Å². The first kappa shape index (κ1) is 27.3. The molecule has 0 aliphatic carbocycles. The van der Waals surface area contributed by atoms with Gasteiger partial charge in [-0.25, -0.2) is 4.98 Å². The molecular formula is C34H34N4O2S. The Morgan fingerprint density at radius 3 is 2.59 bits per heavy atom. The summed E-state index contributed by atoms with van der Waals surface area (Å²) in [5.41, 5.74) is 7.01. The molecule has 0 radical (unpaired) electrons. The van der Waals surface area contributed by atoms with Gasteiger partial charge in [0, 0.05) is 68.7 Å². The number of aromatic nitrogens is 2. The van der Waals surface area contributed by atoms with Gasteiger partial charge in [-0.1, -0.05) is 18.2 Å². The van der Waals surface area contributed by atoms with Gasteiger partial charge in [0.25, 0.3) is 0 Å². The van der Waals surface area contributed by atoms with Crippen LogP contribution in [0.3, 0.4) is 0 Å². The summed E-state index contributed by atoms with van der Waals surface area (Å²) < 4.78 is 6.44. The van der Waals surface area contributed by atoms with E-state index in [0.29, 0.717) is 12.2 Å². The highest BCUT2D eigenvalue weighted by molar-refractivity contribution is 7.16. The van der Waals surface area contributed by atoms with Gasteiger partial charge < -0.3 is 9.64 Å². The number of rotatable bonds is 8. The molecule has 0 amide bonds. The van der Waals surface area contributed by atoms with Crippen LogP contribution in [0.1, 0.15) is 32.6 Å². The standard InChI is InChI=1S/C34H34N4O2S/c1-23-6-9-29(40-33-20-31(26-5-4-11-35-21-26)36-34-30(33)10-16-41-34)18-28(23)19-32(39)25-7-8-27(24(2)17-25)22-38-14-12-37(3)13-15-38/h4-11,16-18,20-21H,12-15,19,22H2,1-3H3. The smallest absolute Gasteiger partial charge is 0.167 e. The number of pyridine rings is 2. The van der Waals surface area contributed by atoms with Gasteiger partial charge in [-0.15, -0.1) is 11.3 Å². The van der Waals surface area contributed by atoms with Gasteiger partial charge in [-0.05, 0) is 84.9 Å². The fraction of sp³-hybridized carbons (Fsp3) is 0.265. The van der Waals surface area contributed by atoms with Crippen molar-refractivity contribution in [2.75, 3.05) is 33.2 Å². The molecule has 1 aliphatic heterocycles. The molecule has 0 spiro atoms. The Labute approximate surface area is 245 Å². The Balaban J connectivity index is 1.19. The lowest BCUT2D eigenvalue weighted by atomic mass is 9.96. The average molecular weight is 563 g/mol. The van der Waals surface area contributed by atoms with E-state index in [2.05, 4.69) is 34.8 Å². The minimum atomic E-state index is 0.113. The lowest BCUT2D eigenvalue weighted by Crippen LogP contribution is -2.43. The zero-order chi connectivity index (χ0) is 28.3. The Morgan fingerprint density at radius 2 is 1.80 bits per heavy atom. The molecule has 6 rings (SSSR count). The van der Waals surface area contributed by atoms with E-state index in [4.69, 9.17) is 9.72 Å². The third kappa shape index (κ3) is 6.22. The number of piperazine rings is 1. The lowest BCUT2D eigenvalue weighted by Gasteiger charge is -2.32. The van der Waals surface area contributed by atoms with Crippen LogP contribution in [-0.4, -0.2) is 58.8 Å². The fourth-order valence-electron chi connectivity index (χ4n) is 5.26. The Bertz CT molecular complexity index is 1690. The van der Waals surface area contributed by atoms with Gasteiger partial charge in [0.2, 0.25) is 0 Å². The highest BCUT2D eigenvalue weighted by Crippen LogP contribution is 2.36. The van der Waals surface area contributed by atoms with E-state index in [1.807, 2.05) is 73.1 Å². The van der Waals surface area contributed by atoms with Crippen LogP contribution in [0.15, 0.2) is 78.4 Å². The number of nitrogens with zero attached hydrogens (tertiary/aromatic N) is 4. The quantitative estimate of drug-likeness (QED) is 0.191. The van der Waals surface area contributed by atoms with Gasteiger partial charge >= 0.3 is 0 Å². The maximum atomic E-state index is 13.4. The number of hydrogen-bond donors (Lipinski definition) is 0. The van der Waals surface area contributed by atoms with Crippen LogP contribution in [0.5, 0.6) is 11.5 Å². The highest BCUT2D eigenvalue weighted by Gasteiger charge is 2.17. The van der Waals surface area contributed by atoms with Crippen molar-refractivity contribution in [1.82, 2.24) is 19.8 Å². The largest absolute Gasteiger partial charge is 0.457 e. The van der Waals surface area contributed by atoms with E-state index in [-0.39, 0.29) is 5.78 Å². The lowest BCUT2D eigenvalue weighted by molar-refractivity contribution is 0.0992. The molecule has 4 heterocycles. The molecule has 3 aromatic heterocycles. The molecule has 1 aliphatic rings. The maximum absolute atomic E-state index is 13.4. The highest BCUT2D eigenvalue weighted by atomic mass is 32.1. The van der Waals surface area contributed by atoms with E-state index < -0.39 is 0 Å². The van der Waals surface area contributed by atoms with E-state index in [1.54, 1.807) is 17.5 Å². The van der Waals surface area contributed by atoms with Crippen molar-refractivity contribution in [1.29, 1.82) is 0 Å². The summed E-state index contributed by atoms with van der Waals surface area (Å²) in [5.74, 6) is 1.55. The van der Waals surface area contributed by atoms with Crippen LogP contribution >= 0.6 is 11.3 Å². The maximum Gasteiger partial charge on any atom is 0.167 e. The second kappa shape index (κ2) is 11.9. The number of aryl methyl sites for hydroxylation is 2. The molecule has 1 saturated heterocycles. The summed E-state index contributed by atoms with van der Waals surface area (Å²) in [7, 11) is 2.17. The molecule has 6 nitrogen and oxygen atoms in total. The number of ether oxygens (including phenoxy) is 1. The number of Topliss-reactive ketones (excluding diaryl/α,β-unsaturated/α-hetero) is 1. The first-order valence-corrected chi connectivity index (χ1v) is 14.9. The topological polar surface area (TPSA) is 58.6 Å².